The van der Waals surface area contributed by atoms with E-state index >= 15 is 0 Å². The molecule has 0 aliphatic carbocycles. The van der Waals surface area contributed by atoms with Crippen LogP contribution in [0.15, 0.2) is 22.6 Å². The van der Waals surface area contributed by atoms with Gasteiger partial charge in [-0.2, -0.15) is 0 Å². The van der Waals surface area contributed by atoms with Crippen molar-refractivity contribution in [1.29, 1.82) is 0 Å². The van der Waals surface area contributed by atoms with Crippen LogP contribution in [0.4, 0.5) is 0 Å². The predicted molar refractivity (Wildman–Crippen MR) is 93.8 cm³/mol. The van der Waals surface area contributed by atoms with Crippen molar-refractivity contribution in [2.45, 2.75) is 32.2 Å². The Kier molecular flexibility index (Phi) is 4.07. The standard InChI is InChI=1S/C17H20N4O3S/c1-2-5-20-12-4-3-11(14(20)22)9-19(10-12)15(23)13-8-18-17-21(16(13)24)6-7-25-17/h6-8,11-12H,2-5,9-10H2,1H3. The second-order valence-electron chi connectivity index (χ2n) is 6.70. The van der Waals surface area contributed by atoms with Crippen LogP contribution in [0, 0.1) is 5.92 Å². The topological polar surface area (TPSA) is 75.0 Å². The molecule has 3 saturated heterocycles. The number of carbonyl (C=O) groups excluding carboxylic acids is 2. The molecular weight excluding hydrogens is 340 g/mol. The van der Waals surface area contributed by atoms with Crippen LogP contribution < -0.4 is 5.56 Å². The van der Waals surface area contributed by atoms with Gasteiger partial charge in [-0.15, -0.1) is 11.3 Å². The number of thiazole rings is 1. The molecule has 2 atom stereocenters. The van der Waals surface area contributed by atoms with Crippen molar-refractivity contribution < 1.29 is 9.59 Å². The van der Waals surface area contributed by atoms with E-state index in [0.29, 0.717) is 18.1 Å². The van der Waals surface area contributed by atoms with Crippen molar-refractivity contribution >= 4 is 28.1 Å². The van der Waals surface area contributed by atoms with Gasteiger partial charge in [0, 0.05) is 43.4 Å². The highest BCUT2D eigenvalue weighted by molar-refractivity contribution is 7.15. The highest BCUT2D eigenvalue weighted by Gasteiger charge is 2.41. The number of nitrogens with zero attached hydrogens (tertiary/aromatic N) is 4. The lowest BCUT2D eigenvalue weighted by Crippen LogP contribution is -2.48. The van der Waals surface area contributed by atoms with E-state index in [1.165, 1.54) is 21.9 Å². The van der Waals surface area contributed by atoms with Gasteiger partial charge in [-0.3, -0.25) is 18.8 Å². The minimum Gasteiger partial charge on any atom is -0.338 e. The largest absolute Gasteiger partial charge is 0.338 e. The first-order valence-electron chi connectivity index (χ1n) is 8.64. The zero-order valence-electron chi connectivity index (χ0n) is 14.1. The lowest BCUT2D eigenvalue weighted by molar-refractivity contribution is -0.139. The molecule has 0 saturated carbocycles. The molecule has 7 nitrogen and oxygen atoms in total. The maximum absolute atomic E-state index is 13.0. The van der Waals surface area contributed by atoms with Crippen LogP contribution >= 0.6 is 11.3 Å². The molecule has 2 amide bonds. The number of hydrogen-bond donors (Lipinski definition) is 0. The van der Waals surface area contributed by atoms with Crippen LogP contribution in [0.2, 0.25) is 0 Å². The number of amides is 2. The second-order valence-corrected chi connectivity index (χ2v) is 7.58. The molecule has 3 aliphatic rings. The highest BCUT2D eigenvalue weighted by atomic mass is 32.1. The summed E-state index contributed by atoms with van der Waals surface area (Å²) in [5.74, 6) is -0.326. The minimum absolute atomic E-state index is 0.0516. The second kappa shape index (κ2) is 6.25. The molecule has 0 N–H and O–H groups in total. The van der Waals surface area contributed by atoms with E-state index < -0.39 is 0 Å². The van der Waals surface area contributed by atoms with Crippen molar-refractivity contribution in [3.05, 3.63) is 33.7 Å². The van der Waals surface area contributed by atoms with Crippen molar-refractivity contribution in [2.75, 3.05) is 19.6 Å². The van der Waals surface area contributed by atoms with Gasteiger partial charge in [0.25, 0.3) is 11.5 Å². The van der Waals surface area contributed by atoms with Crippen LogP contribution in [0.1, 0.15) is 36.5 Å². The fourth-order valence-corrected chi connectivity index (χ4v) is 4.56. The van der Waals surface area contributed by atoms with Gasteiger partial charge in [-0.1, -0.05) is 6.92 Å². The Bertz CT molecular complexity index is 889. The Morgan fingerprint density at radius 2 is 2.16 bits per heavy atom. The average molecular weight is 360 g/mol. The molecule has 25 heavy (non-hydrogen) atoms. The molecule has 2 unspecified atom stereocenters. The zero-order chi connectivity index (χ0) is 17.6. The lowest BCUT2D eigenvalue weighted by atomic mass is 9.94. The van der Waals surface area contributed by atoms with E-state index in [1.54, 1.807) is 16.5 Å². The monoisotopic (exact) mass is 360 g/mol. The molecule has 5 rings (SSSR count). The number of rotatable bonds is 3. The van der Waals surface area contributed by atoms with Gasteiger partial charge in [0.2, 0.25) is 5.91 Å². The Balaban J connectivity index is 1.65. The van der Waals surface area contributed by atoms with Crippen molar-refractivity contribution in [2.24, 2.45) is 5.92 Å². The summed E-state index contributed by atoms with van der Waals surface area (Å²) in [6.07, 6.45) is 5.64. The van der Waals surface area contributed by atoms with Gasteiger partial charge in [0.15, 0.2) is 4.96 Å². The van der Waals surface area contributed by atoms with Crippen LogP contribution in [-0.4, -0.2) is 56.7 Å². The number of aromatic nitrogens is 2. The van der Waals surface area contributed by atoms with Gasteiger partial charge in [0.1, 0.15) is 5.56 Å². The van der Waals surface area contributed by atoms with E-state index in [1.807, 2.05) is 4.90 Å². The molecule has 3 fully saturated rings. The molecule has 0 radical (unpaired) electrons. The first-order valence-corrected chi connectivity index (χ1v) is 9.52. The quantitative estimate of drug-likeness (QED) is 0.825. The van der Waals surface area contributed by atoms with Gasteiger partial charge in [-0.05, 0) is 19.3 Å². The van der Waals surface area contributed by atoms with E-state index in [2.05, 4.69) is 11.9 Å². The maximum Gasteiger partial charge on any atom is 0.271 e. The SMILES string of the molecule is CCCN1C(=O)C2CCC1CN(C(=O)c1cnc3sccn3c1=O)C2. The summed E-state index contributed by atoms with van der Waals surface area (Å²) in [6, 6.07) is 0.0516. The summed E-state index contributed by atoms with van der Waals surface area (Å²) >= 11 is 1.35. The Morgan fingerprint density at radius 1 is 1.32 bits per heavy atom. The van der Waals surface area contributed by atoms with Crippen molar-refractivity contribution in [3.8, 4) is 0 Å². The third kappa shape index (κ3) is 2.64. The smallest absolute Gasteiger partial charge is 0.271 e. The third-order valence-electron chi connectivity index (χ3n) is 5.12. The zero-order valence-corrected chi connectivity index (χ0v) is 14.9. The van der Waals surface area contributed by atoms with Crippen molar-refractivity contribution in [3.63, 3.8) is 0 Å². The van der Waals surface area contributed by atoms with Crippen LogP contribution in [0.3, 0.4) is 0 Å². The Morgan fingerprint density at radius 3 is 2.96 bits per heavy atom. The molecule has 2 bridgehead atoms. The molecule has 3 aliphatic heterocycles. The summed E-state index contributed by atoms with van der Waals surface area (Å²) in [4.78, 5) is 46.6. The van der Waals surface area contributed by atoms with E-state index in [9.17, 15) is 14.4 Å². The van der Waals surface area contributed by atoms with E-state index in [4.69, 9.17) is 0 Å². The third-order valence-corrected chi connectivity index (χ3v) is 5.89. The fourth-order valence-electron chi connectivity index (χ4n) is 3.88. The van der Waals surface area contributed by atoms with E-state index in [0.717, 1.165) is 25.8 Å². The minimum atomic E-state index is -0.343. The van der Waals surface area contributed by atoms with Gasteiger partial charge in [-0.25, -0.2) is 4.98 Å². The van der Waals surface area contributed by atoms with Crippen LogP contribution in [-0.2, 0) is 4.79 Å². The Labute approximate surface area is 148 Å². The summed E-state index contributed by atoms with van der Waals surface area (Å²) in [7, 11) is 0. The maximum atomic E-state index is 13.0. The molecule has 0 spiro atoms. The molecule has 8 heteroatoms. The van der Waals surface area contributed by atoms with Gasteiger partial charge in [0.05, 0.1) is 5.92 Å². The summed E-state index contributed by atoms with van der Waals surface area (Å²) in [5, 5.41) is 1.77. The van der Waals surface area contributed by atoms with Gasteiger partial charge < -0.3 is 9.80 Å². The van der Waals surface area contributed by atoms with E-state index in [-0.39, 0.29) is 34.9 Å². The number of fused-ring (bicyclic) bond motifs is 5. The lowest BCUT2D eigenvalue weighted by Gasteiger charge is -2.35. The molecule has 132 valence electrons. The van der Waals surface area contributed by atoms with Crippen molar-refractivity contribution in [1.82, 2.24) is 19.2 Å². The first kappa shape index (κ1) is 16.3. The highest BCUT2D eigenvalue weighted by Crippen LogP contribution is 2.29. The molecule has 0 aromatic carbocycles. The molecule has 2 aromatic rings. The van der Waals surface area contributed by atoms with Gasteiger partial charge >= 0.3 is 0 Å². The summed E-state index contributed by atoms with van der Waals surface area (Å²) in [5.41, 5.74) is -0.267. The number of hydrogen-bond acceptors (Lipinski definition) is 5. The average Bonchev–Trinajstić information content (AvgIpc) is 2.93. The molecule has 5 heterocycles. The summed E-state index contributed by atoms with van der Waals surface area (Å²) < 4.78 is 1.40. The number of carbonyl (C=O) groups is 2. The predicted octanol–water partition coefficient (Wildman–Crippen LogP) is 1.23. The number of piperidine rings is 1. The van der Waals surface area contributed by atoms with Crippen LogP contribution in [0.5, 0.6) is 0 Å². The van der Waals surface area contributed by atoms with Crippen LogP contribution in [0.25, 0.3) is 4.96 Å². The summed E-state index contributed by atoms with van der Waals surface area (Å²) in [6.45, 7) is 3.66. The normalized spacial score (nSPS) is 23.3. The molecular formula is C17H20N4O3S. The fraction of sp³-hybridized carbons (Fsp3) is 0.529. The Hall–Kier alpha value is -2.22. The molecule has 2 aromatic heterocycles. The first-order chi connectivity index (χ1) is 12.1.